The summed E-state index contributed by atoms with van der Waals surface area (Å²) in [6, 6.07) is 5.72. The fourth-order valence-electron chi connectivity index (χ4n) is 0.753. The molecule has 0 aliphatic rings. The van der Waals surface area contributed by atoms with Crippen molar-refractivity contribution < 1.29 is 5.11 Å². The lowest BCUT2D eigenvalue weighted by molar-refractivity contribution is 0.281. The number of hydrogen-bond donors (Lipinski definition) is 2. The largest absolute Gasteiger partial charge is 0.392 e. The van der Waals surface area contributed by atoms with Crippen LogP contribution >= 0.6 is 12.6 Å². The molecule has 0 amide bonds. The van der Waals surface area contributed by atoms with E-state index >= 15 is 0 Å². The summed E-state index contributed by atoms with van der Waals surface area (Å²) < 4.78 is 0. The van der Waals surface area contributed by atoms with Crippen LogP contribution in [0.5, 0.6) is 0 Å². The van der Waals surface area contributed by atoms with Gasteiger partial charge in [-0.2, -0.15) is 0 Å². The minimum Gasteiger partial charge on any atom is -0.392 e. The van der Waals surface area contributed by atoms with Crippen LogP contribution in [0.1, 0.15) is 11.1 Å². The molecule has 0 bridgehead atoms. The lowest BCUT2D eigenvalue weighted by Crippen LogP contribution is -1.83. The second-order valence-corrected chi connectivity index (χ2v) is 2.76. The fraction of sp³-hybridized carbons (Fsp3) is 0.250. The highest BCUT2D eigenvalue weighted by Crippen LogP contribution is 2.14. The molecule has 0 fully saturated rings. The van der Waals surface area contributed by atoms with Crippen molar-refractivity contribution in [1.29, 1.82) is 0 Å². The maximum absolute atomic E-state index is 8.72. The molecule has 54 valence electrons. The maximum Gasteiger partial charge on any atom is 0.0682 e. The molecular weight excluding hydrogens is 144 g/mol. The average Bonchev–Trinajstić information content (AvgIpc) is 1.95. The third kappa shape index (κ3) is 1.52. The van der Waals surface area contributed by atoms with E-state index in [0.717, 1.165) is 16.0 Å². The molecule has 0 heterocycles. The molecule has 1 N–H and O–H groups in total. The molecule has 1 aromatic rings. The van der Waals surface area contributed by atoms with Crippen LogP contribution < -0.4 is 0 Å². The lowest BCUT2D eigenvalue weighted by Gasteiger charge is -1.99. The van der Waals surface area contributed by atoms with Gasteiger partial charge in [0.1, 0.15) is 0 Å². The summed E-state index contributed by atoms with van der Waals surface area (Å²) in [5.41, 5.74) is 2.05. The normalized spacial score (nSPS) is 9.90. The van der Waals surface area contributed by atoms with E-state index in [1.807, 2.05) is 25.1 Å². The molecule has 1 nitrogen and oxygen atoms in total. The second-order valence-electron chi connectivity index (χ2n) is 2.28. The summed E-state index contributed by atoms with van der Waals surface area (Å²) in [6.07, 6.45) is 0. The summed E-state index contributed by atoms with van der Waals surface area (Å²) >= 11 is 4.21. The molecule has 1 aromatic carbocycles. The van der Waals surface area contributed by atoms with Gasteiger partial charge in [-0.15, -0.1) is 12.6 Å². The Bertz CT molecular complexity index is 233. The molecule has 10 heavy (non-hydrogen) atoms. The van der Waals surface area contributed by atoms with E-state index in [0.29, 0.717) is 0 Å². The standard InChI is InChI=1S/C8H10OS/c1-6-2-3-7(5-9)4-8(6)10/h2-4,9-10H,5H2,1H3. The summed E-state index contributed by atoms with van der Waals surface area (Å²) in [5, 5.41) is 8.72. The highest BCUT2D eigenvalue weighted by atomic mass is 32.1. The molecule has 2 heteroatoms. The van der Waals surface area contributed by atoms with Gasteiger partial charge in [0.2, 0.25) is 0 Å². The van der Waals surface area contributed by atoms with Crippen LogP contribution in [0, 0.1) is 6.92 Å². The average molecular weight is 154 g/mol. The predicted octanol–water partition coefficient (Wildman–Crippen LogP) is 1.78. The molecule has 0 unspecified atom stereocenters. The van der Waals surface area contributed by atoms with Crippen LogP contribution in [0.15, 0.2) is 23.1 Å². The number of aliphatic hydroxyl groups excluding tert-OH is 1. The predicted molar refractivity (Wildman–Crippen MR) is 44.4 cm³/mol. The van der Waals surface area contributed by atoms with E-state index in [1.165, 1.54) is 0 Å². The van der Waals surface area contributed by atoms with Crippen molar-refractivity contribution in [2.45, 2.75) is 18.4 Å². The van der Waals surface area contributed by atoms with Gasteiger partial charge < -0.3 is 5.11 Å². The van der Waals surface area contributed by atoms with Crippen molar-refractivity contribution in [3.05, 3.63) is 29.3 Å². The third-order valence-corrected chi connectivity index (χ3v) is 1.94. The van der Waals surface area contributed by atoms with Crippen LogP contribution in [0.4, 0.5) is 0 Å². The zero-order valence-corrected chi connectivity index (χ0v) is 6.73. The zero-order chi connectivity index (χ0) is 7.56. The van der Waals surface area contributed by atoms with Gasteiger partial charge in [0.05, 0.1) is 6.61 Å². The molecule has 0 aliphatic carbocycles. The van der Waals surface area contributed by atoms with Crippen LogP contribution in [-0.2, 0) is 6.61 Å². The molecule has 0 atom stereocenters. The Morgan fingerprint density at radius 3 is 2.70 bits per heavy atom. The van der Waals surface area contributed by atoms with Gasteiger partial charge in [0, 0.05) is 4.90 Å². The Labute approximate surface area is 66.1 Å². The summed E-state index contributed by atoms with van der Waals surface area (Å²) in [5.74, 6) is 0. The Morgan fingerprint density at radius 2 is 2.20 bits per heavy atom. The number of thiol groups is 1. The van der Waals surface area contributed by atoms with Crippen molar-refractivity contribution in [3.8, 4) is 0 Å². The van der Waals surface area contributed by atoms with Gasteiger partial charge in [-0.3, -0.25) is 0 Å². The van der Waals surface area contributed by atoms with Crippen molar-refractivity contribution in [2.24, 2.45) is 0 Å². The Balaban J connectivity index is 3.04. The van der Waals surface area contributed by atoms with Crippen molar-refractivity contribution >= 4 is 12.6 Å². The molecule has 0 spiro atoms. The Hall–Kier alpha value is -0.470. The molecular formula is C8H10OS. The summed E-state index contributed by atoms with van der Waals surface area (Å²) in [7, 11) is 0. The Morgan fingerprint density at radius 1 is 1.50 bits per heavy atom. The smallest absolute Gasteiger partial charge is 0.0682 e. The third-order valence-electron chi connectivity index (χ3n) is 1.46. The Kier molecular flexibility index (Phi) is 2.35. The molecule has 0 aliphatic heterocycles. The SMILES string of the molecule is Cc1ccc(CO)cc1S. The highest BCUT2D eigenvalue weighted by molar-refractivity contribution is 7.80. The minimum absolute atomic E-state index is 0.0911. The van der Waals surface area contributed by atoms with Crippen LogP contribution in [-0.4, -0.2) is 5.11 Å². The van der Waals surface area contributed by atoms with E-state index in [-0.39, 0.29) is 6.61 Å². The van der Waals surface area contributed by atoms with Crippen LogP contribution in [0.25, 0.3) is 0 Å². The van der Waals surface area contributed by atoms with Gasteiger partial charge in [-0.05, 0) is 24.1 Å². The first-order valence-electron chi connectivity index (χ1n) is 3.13. The van der Waals surface area contributed by atoms with Gasteiger partial charge in [0.25, 0.3) is 0 Å². The molecule has 1 rings (SSSR count). The van der Waals surface area contributed by atoms with E-state index in [4.69, 9.17) is 5.11 Å². The molecule has 0 aromatic heterocycles. The lowest BCUT2D eigenvalue weighted by atomic mass is 10.2. The number of rotatable bonds is 1. The van der Waals surface area contributed by atoms with E-state index in [2.05, 4.69) is 12.6 Å². The van der Waals surface area contributed by atoms with Gasteiger partial charge in [-0.1, -0.05) is 12.1 Å². The number of aryl methyl sites for hydroxylation is 1. The molecule has 0 saturated heterocycles. The van der Waals surface area contributed by atoms with Crippen LogP contribution in [0.2, 0.25) is 0 Å². The van der Waals surface area contributed by atoms with Crippen molar-refractivity contribution in [2.75, 3.05) is 0 Å². The number of aliphatic hydroxyl groups is 1. The molecule has 0 saturated carbocycles. The second kappa shape index (κ2) is 3.08. The number of hydrogen-bond acceptors (Lipinski definition) is 2. The highest BCUT2D eigenvalue weighted by Gasteiger charge is 1.93. The monoisotopic (exact) mass is 154 g/mol. The van der Waals surface area contributed by atoms with E-state index < -0.39 is 0 Å². The van der Waals surface area contributed by atoms with E-state index in [9.17, 15) is 0 Å². The quantitative estimate of drug-likeness (QED) is 0.591. The van der Waals surface area contributed by atoms with Gasteiger partial charge in [0.15, 0.2) is 0 Å². The summed E-state index contributed by atoms with van der Waals surface area (Å²) in [6.45, 7) is 2.08. The number of benzene rings is 1. The topological polar surface area (TPSA) is 20.2 Å². The first-order chi connectivity index (χ1) is 4.74. The van der Waals surface area contributed by atoms with Gasteiger partial charge >= 0.3 is 0 Å². The first-order valence-corrected chi connectivity index (χ1v) is 3.58. The van der Waals surface area contributed by atoms with Crippen molar-refractivity contribution in [3.63, 3.8) is 0 Å². The summed E-state index contributed by atoms with van der Waals surface area (Å²) in [4.78, 5) is 0.937. The van der Waals surface area contributed by atoms with Crippen LogP contribution in [0.3, 0.4) is 0 Å². The zero-order valence-electron chi connectivity index (χ0n) is 5.83. The van der Waals surface area contributed by atoms with Crippen molar-refractivity contribution in [1.82, 2.24) is 0 Å². The minimum atomic E-state index is 0.0911. The van der Waals surface area contributed by atoms with Gasteiger partial charge in [-0.25, -0.2) is 0 Å². The van der Waals surface area contributed by atoms with E-state index in [1.54, 1.807) is 0 Å². The molecule has 0 radical (unpaired) electrons. The first kappa shape index (κ1) is 7.63. The maximum atomic E-state index is 8.72. The fourth-order valence-corrected chi connectivity index (χ4v) is 0.994.